The highest BCUT2D eigenvalue weighted by atomic mass is 32.2. The molecule has 0 aromatic carbocycles. The van der Waals surface area contributed by atoms with Crippen molar-refractivity contribution in [2.75, 3.05) is 18.1 Å². The van der Waals surface area contributed by atoms with E-state index >= 15 is 0 Å². The van der Waals surface area contributed by atoms with Crippen molar-refractivity contribution < 1.29 is 25.2 Å². The van der Waals surface area contributed by atoms with Gasteiger partial charge in [0.2, 0.25) is 0 Å². The Hall–Kier alpha value is -0.180. The molecule has 15 heavy (non-hydrogen) atoms. The van der Waals surface area contributed by atoms with Crippen LogP contribution in [0.5, 0.6) is 0 Å². The minimum absolute atomic E-state index is 0.0192. The van der Waals surface area contributed by atoms with Crippen LogP contribution in [0, 0.1) is 0 Å². The molecule has 1 fully saturated rings. The molecule has 0 radical (unpaired) electrons. The van der Waals surface area contributed by atoms with Gasteiger partial charge in [-0.25, -0.2) is 0 Å². The first kappa shape index (κ1) is 12.9. The molecule has 0 spiro atoms. The molecule has 1 aliphatic heterocycles. The third kappa shape index (κ3) is 4.45. The van der Waals surface area contributed by atoms with Gasteiger partial charge in [-0.2, -0.15) is 16.8 Å². The van der Waals surface area contributed by atoms with Crippen molar-refractivity contribution in [3.05, 3.63) is 0 Å². The maximum atomic E-state index is 11.3. The predicted octanol–water partition coefficient (Wildman–Crippen LogP) is -0.139. The second-order valence-electron chi connectivity index (χ2n) is 3.32. The van der Waals surface area contributed by atoms with Gasteiger partial charge in [-0.3, -0.25) is 8.37 Å². The Bertz CT molecular complexity index is 395. The average Bonchev–Trinajstić information content (AvgIpc) is 1.99. The molecule has 0 amide bonds. The normalized spacial score (nSPS) is 26.3. The summed E-state index contributed by atoms with van der Waals surface area (Å²) < 4.78 is 53.8. The topological polar surface area (TPSA) is 86.7 Å². The summed E-state index contributed by atoms with van der Waals surface area (Å²) in [7, 11) is -7.21. The van der Waals surface area contributed by atoms with Gasteiger partial charge in [-0.1, -0.05) is 6.92 Å². The van der Waals surface area contributed by atoms with Gasteiger partial charge in [-0.15, -0.1) is 0 Å². The first-order valence-corrected chi connectivity index (χ1v) is 7.78. The Kier molecular flexibility index (Phi) is 4.10. The van der Waals surface area contributed by atoms with Crippen molar-refractivity contribution in [1.29, 1.82) is 0 Å². The quantitative estimate of drug-likeness (QED) is 0.652. The Morgan fingerprint density at radius 2 is 2.13 bits per heavy atom. The van der Waals surface area contributed by atoms with Crippen LogP contribution in [0.15, 0.2) is 0 Å². The van der Waals surface area contributed by atoms with E-state index in [9.17, 15) is 16.8 Å². The fourth-order valence-electron chi connectivity index (χ4n) is 1.25. The van der Waals surface area contributed by atoms with Crippen molar-refractivity contribution in [3.8, 4) is 0 Å². The van der Waals surface area contributed by atoms with Crippen LogP contribution < -0.4 is 0 Å². The Labute approximate surface area is 89.8 Å². The highest BCUT2D eigenvalue weighted by Gasteiger charge is 2.29. The molecule has 0 aromatic rings. The van der Waals surface area contributed by atoms with Crippen LogP contribution in [0.25, 0.3) is 0 Å². The van der Waals surface area contributed by atoms with Crippen LogP contribution in [-0.2, 0) is 28.6 Å². The van der Waals surface area contributed by atoms with Crippen molar-refractivity contribution in [2.24, 2.45) is 0 Å². The summed E-state index contributed by atoms with van der Waals surface area (Å²) in [6.45, 7) is 1.69. The van der Waals surface area contributed by atoms with Gasteiger partial charge in [-0.05, 0) is 6.42 Å². The predicted molar refractivity (Wildman–Crippen MR) is 53.3 cm³/mol. The molecule has 1 unspecified atom stereocenters. The monoisotopic (exact) mass is 258 g/mol. The Morgan fingerprint density at radius 3 is 2.67 bits per heavy atom. The van der Waals surface area contributed by atoms with E-state index in [0.717, 1.165) is 0 Å². The first-order chi connectivity index (χ1) is 6.85. The van der Waals surface area contributed by atoms with Crippen LogP contribution in [0.4, 0.5) is 0 Å². The summed E-state index contributed by atoms with van der Waals surface area (Å²) in [5.74, 6) is -0.486. The van der Waals surface area contributed by atoms with E-state index < -0.39 is 32.1 Å². The summed E-state index contributed by atoms with van der Waals surface area (Å²) in [6, 6.07) is 0. The molecule has 0 aromatic heterocycles. The van der Waals surface area contributed by atoms with Crippen LogP contribution in [0.3, 0.4) is 0 Å². The molecule has 1 atom stereocenters. The van der Waals surface area contributed by atoms with Gasteiger partial charge in [0.15, 0.2) is 0 Å². The first-order valence-electron chi connectivity index (χ1n) is 4.63. The molecule has 1 rings (SSSR count). The van der Waals surface area contributed by atoms with E-state index in [1.54, 1.807) is 6.92 Å². The maximum absolute atomic E-state index is 11.3. The van der Waals surface area contributed by atoms with E-state index in [1.807, 2.05) is 0 Å². The second-order valence-corrected chi connectivity index (χ2v) is 6.72. The maximum Gasteiger partial charge on any atom is 0.269 e. The van der Waals surface area contributed by atoms with E-state index in [1.165, 1.54) is 0 Å². The summed E-state index contributed by atoms with van der Waals surface area (Å²) in [4.78, 5) is 0. The van der Waals surface area contributed by atoms with E-state index in [-0.39, 0.29) is 18.8 Å². The van der Waals surface area contributed by atoms with Gasteiger partial charge < -0.3 is 0 Å². The lowest BCUT2D eigenvalue weighted by Crippen LogP contribution is -2.34. The van der Waals surface area contributed by atoms with E-state index in [0.29, 0.717) is 6.42 Å². The molecule has 1 heterocycles. The molecule has 90 valence electrons. The summed E-state index contributed by atoms with van der Waals surface area (Å²) >= 11 is 0. The van der Waals surface area contributed by atoms with Gasteiger partial charge in [0, 0.05) is 6.42 Å². The average molecular weight is 258 g/mol. The molecule has 0 N–H and O–H groups in total. The molecule has 0 bridgehead atoms. The van der Waals surface area contributed by atoms with Gasteiger partial charge >= 0.3 is 0 Å². The summed E-state index contributed by atoms with van der Waals surface area (Å²) in [5, 5.41) is 0. The fraction of sp³-hybridized carbons (Fsp3) is 1.00. The molecule has 0 saturated carbocycles. The number of rotatable bonds is 4. The number of hydrogen-bond donors (Lipinski definition) is 0. The minimum atomic E-state index is -3.61. The standard InChI is InChI=1S/C7H14O6S2/c1-2-5-14(8,9)13-7-3-4-12-15(10,11)6-7/h7H,2-6H2,1H3. The van der Waals surface area contributed by atoms with Crippen LogP contribution in [0.2, 0.25) is 0 Å². The van der Waals surface area contributed by atoms with Crippen LogP contribution >= 0.6 is 0 Å². The smallest absolute Gasteiger partial charge is 0.269 e. The Morgan fingerprint density at radius 1 is 1.47 bits per heavy atom. The second kappa shape index (κ2) is 4.77. The zero-order valence-corrected chi connectivity index (χ0v) is 10.0. The minimum Gasteiger partial charge on any atom is -0.270 e. The van der Waals surface area contributed by atoms with Gasteiger partial charge in [0.1, 0.15) is 5.75 Å². The lowest BCUT2D eigenvalue weighted by atomic mass is 10.3. The lowest BCUT2D eigenvalue weighted by Gasteiger charge is -2.21. The third-order valence-electron chi connectivity index (χ3n) is 1.83. The summed E-state index contributed by atoms with van der Waals surface area (Å²) in [5.41, 5.74) is 0. The highest BCUT2D eigenvalue weighted by molar-refractivity contribution is 7.87. The van der Waals surface area contributed by atoms with Crippen molar-refractivity contribution in [2.45, 2.75) is 25.9 Å². The van der Waals surface area contributed by atoms with Gasteiger partial charge in [0.25, 0.3) is 20.2 Å². The fourth-order valence-corrected chi connectivity index (χ4v) is 3.64. The van der Waals surface area contributed by atoms with E-state index in [4.69, 9.17) is 4.18 Å². The Balaban J connectivity index is 2.60. The zero-order valence-electron chi connectivity index (χ0n) is 8.38. The van der Waals surface area contributed by atoms with Crippen molar-refractivity contribution in [1.82, 2.24) is 0 Å². The molecule has 6 nitrogen and oxygen atoms in total. The highest BCUT2D eigenvalue weighted by Crippen LogP contribution is 2.15. The molecular weight excluding hydrogens is 244 g/mol. The molecule has 8 heteroatoms. The van der Waals surface area contributed by atoms with Crippen molar-refractivity contribution >= 4 is 20.2 Å². The molecular formula is C7H14O6S2. The lowest BCUT2D eigenvalue weighted by molar-refractivity contribution is 0.163. The van der Waals surface area contributed by atoms with Gasteiger partial charge in [0.05, 0.1) is 18.5 Å². The van der Waals surface area contributed by atoms with Crippen LogP contribution in [0.1, 0.15) is 19.8 Å². The zero-order chi connectivity index (χ0) is 11.5. The van der Waals surface area contributed by atoms with E-state index in [2.05, 4.69) is 4.18 Å². The summed E-state index contributed by atoms with van der Waals surface area (Å²) in [6.07, 6.45) is -0.0826. The van der Waals surface area contributed by atoms with Crippen molar-refractivity contribution in [3.63, 3.8) is 0 Å². The largest absolute Gasteiger partial charge is 0.270 e. The molecule has 1 aliphatic rings. The molecule has 0 aliphatic carbocycles. The van der Waals surface area contributed by atoms with Crippen LogP contribution in [-0.4, -0.2) is 41.1 Å². The third-order valence-corrected chi connectivity index (χ3v) is 4.61. The number of hydrogen-bond acceptors (Lipinski definition) is 6. The SMILES string of the molecule is CCCS(=O)(=O)OC1CCOS(=O)(=O)C1. The molecule has 1 saturated heterocycles.